The molecule has 6 heteroatoms. The van der Waals surface area contributed by atoms with Crippen LogP contribution in [0.4, 0.5) is 0 Å². The van der Waals surface area contributed by atoms with Crippen LogP contribution in [0.15, 0.2) is 39.9 Å². The molecule has 0 aliphatic carbocycles. The third-order valence-corrected chi connectivity index (χ3v) is 3.95. The standard InChI is InChI=1S/C14H10N2O3S/c1-7-2-5-11(20-7)12(17)8-3-4-9-10(6-8)16-14(19)13(18)15-9/h2-6H,1H3,(H,15,18)(H,16,19). The van der Waals surface area contributed by atoms with Gasteiger partial charge in [0.05, 0.1) is 15.9 Å². The van der Waals surface area contributed by atoms with Crippen LogP contribution in [0.2, 0.25) is 0 Å². The molecule has 5 nitrogen and oxygen atoms in total. The highest BCUT2D eigenvalue weighted by Gasteiger charge is 2.12. The van der Waals surface area contributed by atoms with Crippen LogP contribution in [-0.4, -0.2) is 15.8 Å². The number of ketones is 1. The molecule has 0 radical (unpaired) electrons. The molecule has 0 amide bonds. The molecule has 3 aromatic rings. The highest BCUT2D eigenvalue weighted by molar-refractivity contribution is 7.14. The Morgan fingerprint density at radius 2 is 1.70 bits per heavy atom. The maximum Gasteiger partial charge on any atom is 0.314 e. The molecule has 3 rings (SSSR count). The molecule has 0 unspecified atom stereocenters. The lowest BCUT2D eigenvalue weighted by atomic mass is 10.1. The van der Waals surface area contributed by atoms with Gasteiger partial charge in [-0.1, -0.05) is 0 Å². The number of benzene rings is 1. The van der Waals surface area contributed by atoms with Crippen molar-refractivity contribution in [2.75, 3.05) is 0 Å². The predicted molar refractivity (Wildman–Crippen MR) is 77.7 cm³/mol. The number of aromatic nitrogens is 2. The van der Waals surface area contributed by atoms with Crippen LogP contribution in [0.3, 0.4) is 0 Å². The summed E-state index contributed by atoms with van der Waals surface area (Å²) in [5.74, 6) is -0.1000. The summed E-state index contributed by atoms with van der Waals surface area (Å²) in [6.07, 6.45) is 0. The number of rotatable bonds is 2. The molecule has 2 heterocycles. The van der Waals surface area contributed by atoms with Gasteiger partial charge in [0.2, 0.25) is 5.78 Å². The second kappa shape index (κ2) is 4.57. The van der Waals surface area contributed by atoms with Crippen molar-refractivity contribution in [3.8, 4) is 0 Å². The second-order valence-electron chi connectivity index (χ2n) is 4.41. The molecule has 0 fully saturated rings. The number of H-pyrrole nitrogens is 2. The Morgan fingerprint density at radius 1 is 1.00 bits per heavy atom. The van der Waals surface area contributed by atoms with Crippen molar-refractivity contribution in [1.29, 1.82) is 0 Å². The van der Waals surface area contributed by atoms with Crippen molar-refractivity contribution in [1.82, 2.24) is 9.97 Å². The molecule has 0 saturated carbocycles. The van der Waals surface area contributed by atoms with Gasteiger partial charge in [0.25, 0.3) is 0 Å². The van der Waals surface area contributed by atoms with Gasteiger partial charge < -0.3 is 9.97 Å². The molecule has 2 aromatic heterocycles. The summed E-state index contributed by atoms with van der Waals surface area (Å²) in [7, 11) is 0. The maximum absolute atomic E-state index is 12.3. The number of hydrogen-bond donors (Lipinski definition) is 2. The van der Waals surface area contributed by atoms with Crippen molar-refractivity contribution >= 4 is 28.2 Å². The summed E-state index contributed by atoms with van der Waals surface area (Å²) in [6.45, 7) is 1.93. The second-order valence-corrected chi connectivity index (χ2v) is 5.70. The largest absolute Gasteiger partial charge is 0.316 e. The number of nitrogens with one attached hydrogen (secondary N) is 2. The number of fused-ring (bicyclic) bond motifs is 1. The van der Waals surface area contributed by atoms with E-state index in [9.17, 15) is 14.4 Å². The van der Waals surface area contributed by atoms with E-state index in [1.165, 1.54) is 11.3 Å². The Labute approximate surface area is 116 Å². The number of hydrogen-bond acceptors (Lipinski definition) is 4. The van der Waals surface area contributed by atoms with Crippen molar-refractivity contribution in [3.63, 3.8) is 0 Å². The summed E-state index contributed by atoms with van der Waals surface area (Å²) < 4.78 is 0. The van der Waals surface area contributed by atoms with Crippen molar-refractivity contribution < 1.29 is 4.79 Å². The monoisotopic (exact) mass is 286 g/mol. The van der Waals surface area contributed by atoms with Gasteiger partial charge in [-0.15, -0.1) is 11.3 Å². The lowest BCUT2D eigenvalue weighted by molar-refractivity contribution is 0.104. The van der Waals surface area contributed by atoms with Gasteiger partial charge in [-0.25, -0.2) is 0 Å². The summed E-state index contributed by atoms with van der Waals surface area (Å²) in [5, 5.41) is 0. The van der Waals surface area contributed by atoms with E-state index in [1.807, 2.05) is 13.0 Å². The third kappa shape index (κ3) is 2.10. The summed E-state index contributed by atoms with van der Waals surface area (Å²) in [4.78, 5) is 41.4. The lowest BCUT2D eigenvalue weighted by Gasteiger charge is -2.01. The van der Waals surface area contributed by atoms with Crippen LogP contribution < -0.4 is 11.1 Å². The Hall–Kier alpha value is -2.47. The van der Waals surface area contributed by atoms with E-state index in [-0.39, 0.29) is 5.78 Å². The van der Waals surface area contributed by atoms with Crippen molar-refractivity contribution in [3.05, 3.63) is 66.4 Å². The van der Waals surface area contributed by atoms with Crippen molar-refractivity contribution in [2.24, 2.45) is 0 Å². The molecule has 0 aliphatic heterocycles. The van der Waals surface area contributed by atoms with Crippen LogP contribution >= 0.6 is 11.3 Å². The van der Waals surface area contributed by atoms with Gasteiger partial charge in [0, 0.05) is 10.4 Å². The van der Waals surface area contributed by atoms with E-state index < -0.39 is 11.1 Å². The van der Waals surface area contributed by atoms with Crippen LogP contribution in [0.5, 0.6) is 0 Å². The molecule has 2 N–H and O–H groups in total. The zero-order chi connectivity index (χ0) is 14.3. The van der Waals surface area contributed by atoms with E-state index >= 15 is 0 Å². The minimum Gasteiger partial charge on any atom is -0.316 e. The summed E-state index contributed by atoms with van der Waals surface area (Å²) >= 11 is 1.42. The highest BCUT2D eigenvalue weighted by atomic mass is 32.1. The SMILES string of the molecule is Cc1ccc(C(=O)c2ccc3[nH]c(=O)c(=O)[nH]c3c2)s1. The lowest BCUT2D eigenvalue weighted by Crippen LogP contribution is -2.28. The first kappa shape index (κ1) is 12.6. The first-order valence-corrected chi connectivity index (χ1v) is 6.74. The molecule has 0 atom stereocenters. The van der Waals surface area contributed by atoms with Gasteiger partial charge in [0.1, 0.15) is 0 Å². The van der Waals surface area contributed by atoms with Gasteiger partial charge in [-0.05, 0) is 37.3 Å². The number of aryl methyl sites for hydroxylation is 1. The van der Waals surface area contributed by atoms with Crippen LogP contribution in [-0.2, 0) is 0 Å². The fourth-order valence-electron chi connectivity index (χ4n) is 1.95. The van der Waals surface area contributed by atoms with Crippen LogP contribution in [0, 0.1) is 6.92 Å². The summed E-state index contributed by atoms with van der Waals surface area (Å²) in [6, 6.07) is 8.48. The van der Waals surface area contributed by atoms with Gasteiger partial charge in [0.15, 0.2) is 0 Å². The maximum atomic E-state index is 12.3. The Kier molecular flexibility index (Phi) is 2.87. The third-order valence-electron chi connectivity index (χ3n) is 2.95. The quantitative estimate of drug-likeness (QED) is 0.557. The van der Waals surface area contributed by atoms with Crippen LogP contribution in [0.25, 0.3) is 11.0 Å². The Bertz CT molecular complexity index is 933. The minimum absolute atomic E-state index is 0.1000. The molecule has 0 aliphatic rings. The predicted octanol–water partition coefficient (Wildman–Crippen LogP) is 1.82. The molecule has 0 spiro atoms. The zero-order valence-corrected chi connectivity index (χ0v) is 11.3. The Balaban J connectivity index is 2.13. The fourth-order valence-corrected chi connectivity index (χ4v) is 2.78. The van der Waals surface area contributed by atoms with Crippen LogP contribution in [0.1, 0.15) is 20.1 Å². The molecule has 1 aromatic carbocycles. The molecule has 0 bridgehead atoms. The average Bonchev–Trinajstić information content (AvgIpc) is 2.85. The van der Waals surface area contributed by atoms with E-state index in [0.29, 0.717) is 21.5 Å². The molecule has 100 valence electrons. The average molecular weight is 286 g/mol. The van der Waals surface area contributed by atoms with Gasteiger partial charge >= 0.3 is 11.1 Å². The molecule has 0 saturated heterocycles. The van der Waals surface area contributed by atoms with E-state index in [1.54, 1.807) is 24.3 Å². The fraction of sp³-hybridized carbons (Fsp3) is 0.0714. The Morgan fingerprint density at radius 3 is 2.35 bits per heavy atom. The van der Waals surface area contributed by atoms with Crippen molar-refractivity contribution in [2.45, 2.75) is 6.92 Å². The van der Waals surface area contributed by atoms with E-state index in [0.717, 1.165) is 4.88 Å². The zero-order valence-electron chi connectivity index (χ0n) is 10.5. The minimum atomic E-state index is -0.728. The molecular weight excluding hydrogens is 276 g/mol. The summed E-state index contributed by atoms with van der Waals surface area (Å²) in [5.41, 5.74) is -0.0242. The van der Waals surface area contributed by atoms with Gasteiger partial charge in [-0.2, -0.15) is 0 Å². The highest BCUT2D eigenvalue weighted by Crippen LogP contribution is 2.20. The number of carbonyl (C=O) groups is 1. The van der Waals surface area contributed by atoms with E-state index in [2.05, 4.69) is 9.97 Å². The topological polar surface area (TPSA) is 82.8 Å². The number of aromatic amines is 2. The van der Waals surface area contributed by atoms with Gasteiger partial charge in [-0.3, -0.25) is 14.4 Å². The first-order chi connectivity index (χ1) is 9.54. The molecule has 20 heavy (non-hydrogen) atoms. The van der Waals surface area contributed by atoms with E-state index in [4.69, 9.17) is 0 Å². The molecular formula is C14H10N2O3S. The number of carbonyl (C=O) groups excluding carboxylic acids is 1. The first-order valence-electron chi connectivity index (χ1n) is 5.92. The smallest absolute Gasteiger partial charge is 0.314 e. The normalized spacial score (nSPS) is 10.8. The number of thiophene rings is 1.